The SMILES string of the molecule is CCCNc1nc(N(CC)C2CCCC2)c2cn[nH]c2n1. The average Bonchev–Trinajstić information content (AvgIpc) is 3.16. The Labute approximate surface area is 125 Å². The monoisotopic (exact) mass is 288 g/mol. The van der Waals surface area contributed by atoms with Crippen LogP contribution in [0.1, 0.15) is 46.0 Å². The molecule has 0 atom stereocenters. The van der Waals surface area contributed by atoms with Gasteiger partial charge in [-0.1, -0.05) is 19.8 Å². The van der Waals surface area contributed by atoms with E-state index < -0.39 is 0 Å². The van der Waals surface area contributed by atoms with Gasteiger partial charge in [-0.2, -0.15) is 15.1 Å². The van der Waals surface area contributed by atoms with Crippen molar-refractivity contribution in [1.82, 2.24) is 20.2 Å². The predicted octanol–water partition coefficient (Wildman–Crippen LogP) is 2.94. The van der Waals surface area contributed by atoms with Gasteiger partial charge in [0.1, 0.15) is 5.82 Å². The van der Waals surface area contributed by atoms with Crippen molar-refractivity contribution in [1.29, 1.82) is 0 Å². The third-order valence-corrected chi connectivity index (χ3v) is 4.20. The van der Waals surface area contributed by atoms with Gasteiger partial charge >= 0.3 is 0 Å². The first-order chi connectivity index (χ1) is 10.3. The molecule has 1 fully saturated rings. The van der Waals surface area contributed by atoms with Crippen molar-refractivity contribution >= 4 is 22.8 Å². The third-order valence-electron chi connectivity index (χ3n) is 4.20. The van der Waals surface area contributed by atoms with Crippen molar-refractivity contribution in [2.75, 3.05) is 23.3 Å². The number of aromatic amines is 1. The molecule has 0 bridgehead atoms. The zero-order valence-electron chi connectivity index (χ0n) is 12.9. The van der Waals surface area contributed by atoms with Gasteiger partial charge in [-0.05, 0) is 26.2 Å². The topological polar surface area (TPSA) is 69.7 Å². The molecule has 0 radical (unpaired) electrons. The van der Waals surface area contributed by atoms with Crippen molar-refractivity contribution in [2.24, 2.45) is 0 Å². The van der Waals surface area contributed by atoms with Crippen molar-refractivity contribution in [3.05, 3.63) is 6.20 Å². The Hall–Kier alpha value is -1.85. The molecule has 0 unspecified atom stereocenters. The largest absolute Gasteiger partial charge is 0.354 e. The molecule has 2 aromatic heterocycles. The van der Waals surface area contributed by atoms with E-state index in [1.807, 2.05) is 6.20 Å². The second-order valence-electron chi connectivity index (χ2n) is 5.65. The Balaban J connectivity index is 1.99. The highest BCUT2D eigenvalue weighted by molar-refractivity contribution is 5.87. The van der Waals surface area contributed by atoms with E-state index in [2.05, 4.69) is 39.2 Å². The van der Waals surface area contributed by atoms with Gasteiger partial charge in [0, 0.05) is 19.1 Å². The van der Waals surface area contributed by atoms with Crippen LogP contribution in [0.3, 0.4) is 0 Å². The molecule has 2 N–H and O–H groups in total. The number of hydrogen-bond acceptors (Lipinski definition) is 5. The van der Waals surface area contributed by atoms with Crippen LogP contribution in [-0.4, -0.2) is 39.3 Å². The van der Waals surface area contributed by atoms with Gasteiger partial charge in [0.05, 0.1) is 11.6 Å². The van der Waals surface area contributed by atoms with Gasteiger partial charge in [0.2, 0.25) is 5.95 Å². The molecule has 0 aliphatic heterocycles. The maximum atomic E-state index is 4.77. The van der Waals surface area contributed by atoms with E-state index in [-0.39, 0.29) is 0 Å². The lowest BCUT2D eigenvalue weighted by Crippen LogP contribution is -2.34. The van der Waals surface area contributed by atoms with E-state index in [1.165, 1.54) is 25.7 Å². The average molecular weight is 288 g/mol. The lowest BCUT2D eigenvalue weighted by atomic mass is 10.2. The molecule has 1 aliphatic rings. The van der Waals surface area contributed by atoms with Gasteiger partial charge in [0.25, 0.3) is 0 Å². The van der Waals surface area contributed by atoms with Crippen LogP contribution >= 0.6 is 0 Å². The number of aromatic nitrogens is 4. The summed E-state index contributed by atoms with van der Waals surface area (Å²) in [5, 5.41) is 11.4. The van der Waals surface area contributed by atoms with Crippen LogP contribution in [0.25, 0.3) is 11.0 Å². The second kappa shape index (κ2) is 6.28. The molecule has 2 heterocycles. The van der Waals surface area contributed by atoms with Crippen LogP contribution in [0.2, 0.25) is 0 Å². The van der Waals surface area contributed by atoms with E-state index in [0.29, 0.717) is 12.0 Å². The molecule has 21 heavy (non-hydrogen) atoms. The minimum Gasteiger partial charge on any atom is -0.354 e. The van der Waals surface area contributed by atoms with E-state index in [1.54, 1.807) is 0 Å². The van der Waals surface area contributed by atoms with Crippen molar-refractivity contribution < 1.29 is 0 Å². The summed E-state index contributed by atoms with van der Waals surface area (Å²) in [4.78, 5) is 11.7. The molecule has 3 rings (SSSR count). The molecule has 6 heteroatoms. The number of anilines is 2. The van der Waals surface area contributed by atoms with Crippen molar-refractivity contribution in [2.45, 2.75) is 52.0 Å². The van der Waals surface area contributed by atoms with Gasteiger partial charge < -0.3 is 10.2 Å². The molecule has 0 saturated heterocycles. The minimum absolute atomic E-state index is 0.599. The maximum Gasteiger partial charge on any atom is 0.226 e. The number of hydrogen-bond donors (Lipinski definition) is 2. The zero-order valence-corrected chi connectivity index (χ0v) is 12.9. The first kappa shape index (κ1) is 14.1. The normalized spacial score (nSPS) is 15.7. The summed E-state index contributed by atoms with van der Waals surface area (Å²) in [6.07, 6.45) is 8.05. The fraction of sp³-hybridized carbons (Fsp3) is 0.667. The van der Waals surface area contributed by atoms with Crippen LogP contribution < -0.4 is 10.2 Å². The molecule has 0 spiro atoms. The molecule has 2 aromatic rings. The lowest BCUT2D eigenvalue weighted by molar-refractivity contribution is 0.615. The molecular formula is C15H24N6. The number of nitrogens with one attached hydrogen (secondary N) is 2. The first-order valence-corrected chi connectivity index (χ1v) is 8.05. The molecule has 6 nitrogen and oxygen atoms in total. The summed E-state index contributed by atoms with van der Waals surface area (Å²) in [5.41, 5.74) is 0.815. The number of fused-ring (bicyclic) bond motifs is 1. The summed E-state index contributed by atoms with van der Waals surface area (Å²) in [7, 11) is 0. The van der Waals surface area contributed by atoms with E-state index >= 15 is 0 Å². The van der Waals surface area contributed by atoms with Gasteiger partial charge in [-0.25, -0.2) is 0 Å². The predicted molar refractivity (Wildman–Crippen MR) is 85.7 cm³/mol. The van der Waals surface area contributed by atoms with E-state index in [0.717, 1.165) is 36.4 Å². The Morgan fingerprint density at radius 2 is 2.10 bits per heavy atom. The highest BCUT2D eigenvalue weighted by Crippen LogP contribution is 2.31. The Morgan fingerprint density at radius 3 is 2.81 bits per heavy atom. The summed E-state index contributed by atoms with van der Waals surface area (Å²) >= 11 is 0. The van der Waals surface area contributed by atoms with Crippen molar-refractivity contribution in [3.8, 4) is 0 Å². The molecule has 1 aliphatic carbocycles. The number of rotatable bonds is 6. The van der Waals surface area contributed by atoms with Crippen LogP contribution in [0, 0.1) is 0 Å². The van der Waals surface area contributed by atoms with Gasteiger partial charge in [0.15, 0.2) is 5.65 Å². The molecular weight excluding hydrogens is 264 g/mol. The summed E-state index contributed by atoms with van der Waals surface area (Å²) in [6.45, 7) is 6.19. The van der Waals surface area contributed by atoms with E-state index in [9.17, 15) is 0 Å². The number of nitrogens with zero attached hydrogens (tertiary/aromatic N) is 4. The molecule has 0 amide bonds. The smallest absolute Gasteiger partial charge is 0.226 e. The third kappa shape index (κ3) is 2.80. The molecule has 114 valence electrons. The summed E-state index contributed by atoms with van der Waals surface area (Å²) in [5.74, 6) is 1.71. The molecule has 0 aromatic carbocycles. The fourth-order valence-corrected chi connectivity index (χ4v) is 3.15. The van der Waals surface area contributed by atoms with Crippen LogP contribution in [0.15, 0.2) is 6.20 Å². The molecule has 1 saturated carbocycles. The van der Waals surface area contributed by atoms with Crippen LogP contribution in [0.5, 0.6) is 0 Å². The quantitative estimate of drug-likeness (QED) is 0.855. The van der Waals surface area contributed by atoms with Gasteiger partial charge in [-0.3, -0.25) is 5.10 Å². The van der Waals surface area contributed by atoms with E-state index in [4.69, 9.17) is 4.98 Å². The van der Waals surface area contributed by atoms with Crippen molar-refractivity contribution in [3.63, 3.8) is 0 Å². The first-order valence-electron chi connectivity index (χ1n) is 8.05. The Bertz CT molecular complexity index is 587. The fourth-order valence-electron chi connectivity index (χ4n) is 3.15. The van der Waals surface area contributed by atoms with Crippen LogP contribution in [-0.2, 0) is 0 Å². The highest BCUT2D eigenvalue weighted by Gasteiger charge is 2.25. The number of H-pyrrole nitrogens is 1. The zero-order chi connectivity index (χ0) is 14.7. The maximum absolute atomic E-state index is 4.77. The summed E-state index contributed by atoms with van der Waals surface area (Å²) in [6, 6.07) is 0.599. The second-order valence-corrected chi connectivity index (χ2v) is 5.65. The summed E-state index contributed by atoms with van der Waals surface area (Å²) < 4.78 is 0. The Morgan fingerprint density at radius 1 is 1.29 bits per heavy atom. The van der Waals surface area contributed by atoms with Crippen LogP contribution in [0.4, 0.5) is 11.8 Å². The highest BCUT2D eigenvalue weighted by atomic mass is 15.3. The lowest BCUT2D eigenvalue weighted by Gasteiger charge is -2.29. The Kier molecular flexibility index (Phi) is 4.22. The minimum atomic E-state index is 0.599. The van der Waals surface area contributed by atoms with Gasteiger partial charge in [-0.15, -0.1) is 0 Å². The standard InChI is InChI=1S/C15H24N6/c1-3-9-16-15-18-13-12(10-17-20-13)14(19-15)21(4-2)11-7-5-6-8-11/h10-11H,3-9H2,1-2H3,(H2,16,17,18,19,20).